The summed E-state index contributed by atoms with van der Waals surface area (Å²) in [5.74, 6) is 1.27. The number of alkyl carbamates (subject to hydrolysis) is 1. The van der Waals surface area contributed by atoms with Gasteiger partial charge in [0.25, 0.3) is 0 Å². The second-order valence-corrected chi connectivity index (χ2v) is 16.8. The smallest absolute Gasteiger partial charge is 0.454 e. The highest BCUT2D eigenvalue weighted by molar-refractivity contribution is 6.62. The lowest BCUT2D eigenvalue weighted by Crippen LogP contribution is -2.52. The van der Waals surface area contributed by atoms with Crippen molar-refractivity contribution in [1.29, 1.82) is 0 Å². The van der Waals surface area contributed by atoms with E-state index in [4.69, 9.17) is 33.2 Å². The first kappa shape index (κ1) is 37.6. The maximum absolute atomic E-state index is 14.4. The monoisotopic (exact) mass is 743 g/mol. The van der Waals surface area contributed by atoms with Crippen molar-refractivity contribution in [3.8, 4) is 22.8 Å². The van der Waals surface area contributed by atoms with Crippen LogP contribution in [0, 0.1) is 5.92 Å². The molecule has 2 saturated heterocycles. The average Bonchev–Trinajstić information content (AvgIpc) is 3.91. The number of benzene rings is 2. The molecule has 7 rings (SSSR count). The summed E-state index contributed by atoms with van der Waals surface area (Å²) in [5, 5.41) is 2.78. The highest BCUT2D eigenvalue weighted by Gasteiger charge is 2.51. The Kier molecular flexibility index (Phi) is 9.62. The van der Waals surface area contributed by atoms with Crippen LogP contribution in [-0.2, 0) is 36.7 Å². The van der Waals surface area contributed by atoms with Crippen LogP contribution in [0.4, 0.5) is 9.59 Å². The number of amides is 3. The van der Waals surface area contributed by atoms with E-state index in [1.807, 2.05) is 77.9 Å². The van der Waals surface area contributed by atoms with Gasteiger partial charge in [-0.2, -0.15) is 0 Å². The number of fused-ring (bicyclic) bond motifs is 2. The van der Waals surface area contributed by atoms with Crippen LogP contribution in [0.15, 0.2) is 42.6 Å². The van der Waals surface area contributed by atoms with E-state index in [0.29, 0.717) is 36.8 Å². The minimum atomic E-state index is -0.895. The van der Waals surface area contributed by atoms with Gasteiger partial charge in [-0.25, -0.2) is 14.6 Å². The molecule has 0 radical (unpaired) electrons. The van der Waals surface area contributed by atoms with Crippen LogP contribution in [0.25, 0.3) is 11.3 Å². The summed E-state index contributed by atoms with van der Waals surface area (Å²) in [6, 6.07) is 10.2. The molecule has 4 aliphatic heterocycles. The Hall–Kier alpha value is -4.76. The van der Waals surface area contributed by atoms with E-state index in [9.17, 15) is 14.4 Å². The summed E-state index contributed by atoms with van der Waals surface area (Å²) in [7, 11) is -0.485. The predicted molar refractivity (Wildman–Crippen MR) is 199 cm³/mol. The molecule has 0 aliphatic carbocycles. The van der Waals surface area contributed by atoms with Crippen LogP contribution in [0.2, 0.25) is 0 Å². The van der Waals surface area contributed by atoms with Gasteiger partial charge in [-0.3, -0.25) is 9.69 Å². The van der Waals surface area contributed by atoms with Crippen molar-refractivity contribution in [2.45, 2.75) is 117 Å². The zero-order chi connectivity index (χ0) is 38.7. The molecule has 2 aromatic carbocycles. The van der Waals surface area contributed by atoms with Gasteiger partial charge in [0.2, 0.25) is 12.7 Å². The standard InChI is InChI=1S/C39H50BN5O9/c1-22(2)32(43-35(47)52-37(3,4)5)34(46)45-20-27(51-36(48)44-18-24-14-30-31(50-21-49-30)15-25(24)19-44)16-29(45)33-41-17-28(42-33)23-10-12-26(13-11-23)40-53-38(6,7)39(8,9)54-40/h10-15,17,22,27,29,32H,16,18-21H2,1-9H3,(H,41,42)(H,43,47)/t27-,29+,32?/m1/s1. The molecular formula is C39H50BN5O9. The first-order valence-corrected chi connectivity index (χ1v) is 18.6. The van der Waals surface area contributed by atoms with E-state index in [0.717, 1.165) is 27.8 Å². The largest absolute Gasteiger partial charge is 0.494 e. The van der Waals surface area contributed by atoms with Gasteiger partial charge in [-0.05, 0) is 88.7 Å². The Morgan fingerprint density at radius 1 is 0.981 bits per heavy atom. The Morgan fingerprint density at radius 2 is 1.59 bits per heavy atom. The van der Waals surface area contributed by atoms with Crippen LogP contribution in [0.1, 0.15) is 91.7 Å². The molecule has 3 amide bonds. The molecule has 1 aromatic heterocycles. The fraction of sp³-hybridized carbons (Fsp3) is 0.538. The van der Waals surface area contributed by atoms with Gasteiger partial charge in [0.1, 0.15) is 23.6 Å². The fourth-order valence-corrected chi connectivity index (χ4v) is 7.10. The van der Waals surface area contributed by atoms with Crippen molar-refractivity contribution in [3.63, 3.8) is 0 Å². The first-order chi connectivity index (χ1) is 25.4. The number of hydrogen-bond donors (Lipinski definition) is 2. The van der Waals surface area contributed by atoms with Gasteiger partial charge < -0.3 is 43.5 Å². The number of ether oxygens (including phenoxy) is 4. The predicted octanol–water partition coefficient (Wildman–Crippen LogP) is 5.45. The van der Waals surface area contributed by atoms with E-state index in [-0.39, 0.29) is 25.2 Å². The van der Waals surface area contributed by atoms with Crippen molar-refractivity contribution in [2.75, 3.05) is 13.3 Å². The van der Waals surface area contributed by atoms with E-state index < -0.39 is 54.3 Å². The molecule has 0 bridgehead atoms. The number of nitrogens with zero attached hydrogens (tertiary/aromatic N) is 3. The molecule has 2 N–H and O–H groups in total. The molecular weight excluding hydrogens is 693 g/mol. The van der Waals surface area contributed by atoms with E-state index in [1.54, 1.807) is 36.8 Å². The van der Waals surface area contributed by atoms with Gasteiger partial charge in [0.15, 0.2) is 11.5 Å². The van der Waals surface area contributed by atoms with Crippen molar-refractivity contribution < 1.29 is 42.6 Å². The Labute approximate surface area is 316 Å². The molecule has 54 heavy (non-hydrogen) atoms. The normalized spacial score (nSPS) is 21.7. The number of rotatable bonds is 7. The maximum Gasteiger partial charge on any atom is 0.494 e. The van der Waals surface area contributed by atoms with Gasteiger partial charge >= 0.3 is 19.3 Å². The van der Waals surface area contributed by atoms with E-state index in [1.165, 1.54) is 0 Å². The zero-order valence-electron chi connectivity index (χ0n) is 32.5. The second kappa shape index (κ2) is 13.8. The number of nitrogens with one attached hydrogen (secondary N) is 2. The molecule has 4 aliphatic rings. The van der Waals surface area contributed by atoms with Crippen molar-refractivity contribution in [2.24, 2.45) is 5.92 Å². The summed E-state index contributed by atoms with van der Waals surface area (Å²) in [5.41, 5.74) is 2.83. The third kappa shape index (κ3) is 7.48. The molecule has 0 spiro atoms. The number of aromatic amines is 1. The summed E-state index contributed by atoms with van der Waals surface area (Å²) >= 11 is 0. The van der Waals surface area contributed by atoms with Crippen molar-refractivity contribution >= 4 is 30.7 Å². The number of hydrogen-bond acceptors (Lipinski definition) is 10. The maximum atomic E-state index is 14.4. The van der Waals surface area contributed by atoms with Crippen LogP contribution < -0.4 is 20.3 Å². The molecule has 3 atom stereocenters. The minimum Gasteiger partial charge on any atom is -0.454 e. The third-order valence-electron chi connectivity index (χ3n) is 10.8. The van der Waals surface area contributed by atoms with Crippen LogP contribution in [-0.4, -0.2) is 87.3 Å². The summed E-state index contributed by atoms with van der Waals surface area (Å²) in [4.78, 5) is 52.2. The first-order valence-electron chi connectivity index (χ1n) is 18.6. The van der Waals surface area contributed by atoms with Gasteiger partial charge in [-0.15, -0.1) is 0 Å². The molecule has 0 saturated carbocycles. The number of likely N-dealkylation sites (tertiary alicyclic amines) is 1. The Bertz CT molecular complexity index is 1870. The molecule has 14 nitrogen and oxygen atoms in total. The fourth-order valence-electron chi connectivity index (χ4n) is 7.10. The molecule has 288 valence electrons. The second-order valence-electron chi connectivity index (χ2n) is 16.8. The highest BCUT2D eigenvalue weighted by Crippen LogP contribution is 2.40. The van der Waals surface area contributed by atoms with Crippen LogP contribution in [0.3, 0.4) is 0 Å². The van der Waals surface area contributed by atoms with E-state index in [2.05, 4.69) is 10.3 Å². The number of carbonyl (C=O) groups excluding carboxylic acids is 3. The Morgan fingerprint density at radius 3 is 2.17 bits per heavy atom. The molecule has 15 heteroatoms. The third-order valence-corrected chi connectivity index (χ3v) is 10.8. The van der Waals surface area contributed by atoms with E-state index >= 15 is 0 Å². The molecule has 1 unspecified atom stereocenters. The SMILES string of the molecule is CC(C)C(NC(=O)OC(C)(C)C)C(=O)N1C[C@H](OC(=O)N2Cc3cc4c(cc3C2)OCO4)C[C@H]1c1ncc(-c2ccc(B3OC(C)(C)C(C)(C)O3)cc2)[nH]1. The van der Waals surface area contributed by atoms with Crippen LogP contribution >= 0.6 is 0 Å². The number of carbonyl (C=O) groups is 3. The van der Waals surface area contributed by atoms with Crippen molar-refractivity contribution in [1.82, 2.24) is 25.1 Å². The molecule has 3 aromatic rings. The lowest BCUT2D eigenvalue weighted by atomic mass is 9.79. The number of H-pyrrole nitrogens is 1. The summed E-state index contributed by atoms with van der Waals surface area (Å²) in [6.07, 6.45) is 0.230. The quantitative estimate of drug-likeness (QED) is 0.299. The number of imidazole rings is 1. The topological polar surface area (TPSA) is 154 Å². The highest BCUT2D eigenvalue weighted by atomic mass is 16.7. The van der Waals surface area contributed by atoms with Crippen molar-refractivity contribution in [3.05, 3.63) is 59.5 Å². The lowest BCUT2D eigenvalue weighted by molar-refractivity contribution is -0.136. The average molecular weight is 744 g/mol. The Balaban J connectivity index is 1.09. The summed E-state index contributed by atoms with van der Waals surface area (Å²) in [6.45, 7) is 18.1. The zero-order valence-corrected chi connectivity index (χ0v) is 32.5. The molecule has 5 heterocycles. The minimum absolute atomic E-state index is 0.115. The summed E-state index contributed by atoms with van der Waals surface area (Å²) < 4.78 is 35.1. The van der Waals surface area contributed by atoms with Gasteiger partial charge in [0, 0.05) is 19.5 Å². The molecule has 2 fully saturated rings. The van der Waals surface area contributed by atoms with Gasteiger partial charge in [-0.1, -0.05) is 38.1 Å². The lowest BCUT2D eigenvalue weighted by Gasteiger charge is -2.32. The van der Waals surface area contributed by atoms with Gasteiger partial charge in [0.05, 0.1) is 35.7 Å². The van der Waals surface area contributed by atoms with Crippen LogP contribution in [0.5, 0.6) is 11.5 Å². The number of aromatic nitrogens is 2.